The summed E-state index contributed by atoms with van der Waals surface area (Å²) in [6.07, 6.45) is -13.7. The Kier molecular flexibility index (Phi) is 11.2. The molecule has 39 heavy (non-hydrogen) atoms. The molecule has 0 saturated carbocycles. The van der Waals surface area contributed by atoms with Crippen molar-refractivity contribution in [3.05, 3.63) is 0 Å². The highest BCUT2D eigenvalue weighted by molar-refractivity contribution is 7.47. The molecular formula is C14H18F17N3O4P+. The lowest BCUT2D eigenvalue weighted by molar-refractivity contribution is -0.870. The van der Waals surface area contributed by atoms with E-state index in [0.717, 1.165) is 0 Å². The number of phosphoric acid groups is 1. The lowest BCUT2D eigenvalue weighted by Gasteiger charge is -2.45. The van der Waals surface area contributed by atoms with Gasteiger partial charge >= 0.3 is 57.2 Å². The average molecular weight is 646 g/mol. The molecule has 7 nitrogen and oxygen atoms in total. The first kappa shape index (κ1) is 37.8. The van der Waals surface area contributed by atoms with Crippen LogP contribution < -0.4 is 0 Å². The summed E-state index contributed by atoms with van der Waals surface area (Å²) in [7, 11) is -1.53. The van der Waals surface area contributed by atoms with Gasteiger partial charge in [-0.1, -0.05) is 4.90 Å². The standard InChI is InChI=1S/C14H17F17N3O4P/c1-34(2,3)4-5-37-39(35,36)38-6-9(19,20)11(23,24)32(8(17)18)12(25,26)13(27,28)33(14(29,30)31)10(21,22)7(15)16/h7-8H,4-6H2,1-3H3/p+1. The maximum Gasteiger partial charge on any atom is 0.472 e. The molecule has 0 spiro atoms. The summed E-state index contributed by atoms with van der Waals surface area (Å²) in [5, 5.41) is 0. The van der Waals surface area contributed by atoms with E-state index in [4.69, 9.17) is 0 Å². The molecule has 1 atom stereocenters. The molecule has 0 aliphatic carbocycles. The highest BCUT2D eigenvalue weighted by atomic mass is 31.2. The van der Waals surface area contributed by atoms with Gasteiger partial charge in [0.1, 0.15) is 19.8 Å². The summed E-state index contributed by atoms with van der Waals surface area (Å²) in [5.41, 5.74) is 0. The van der Waals surface area contributed by atoms with E-state index >= 15 is 0 Å². The quantitative estimate of drug-likeness (QED) is 0.111. The predicted molar refractivity (Wildman–Crippen MR) is 91.1 cm³/mol. The molecule has 1 unspecified atom stereocenters. The number of likely N-dealkylation sites (N-methyl/N-ethyl adjacent to an activating group) is 1. The monoisotopic (exact) mass is 646 g/mol. The minimum atomic E-state index is -8.23. The molecule has 0 aromatic rings. The fourth-order valence-electron chi connectivity index (χ4n) is 2.21. The third kappa shape index (κ3) is 8.64. The summed E-state index contributed by atoms with van der Waals surface area (Å²) < 4.78 is 246. The van der Waals surface area contributed by atoms with Crippen LogP contribution in [-0.2, 0) is 13.6 Å². The SMILES string of the molecule is C[N+](C)(C)CCOP(=O)(O)OCC(F)(F)C(F)(F)N(C(F)F)C(F)(F)C(F)(F)N(C(F)(F)F)C(F)(F)C(F)F. The predicted octanol–water partition coefficient (Wildman–Crippen LogP) is 5.44. The Bertz CT molecular complexity index is 865. The third-order valence-corrected chi connectivity index (χ3v) is 5.09. The minimum absolute atomic E-state index is 0.0412. The third-order valence-electron chi connectivity index (χ3n) is 4.12. The fourth-order valence-corrected chi connectivity index (χ4v) is 2.92. The second kappa shape index (κ2) is 11.6. The Labute approximate surface area is 206 Å². The number of hydrogen-bond donors (Lipinski definition) is 1. The van der Waals surface area contributed by atoms with Crippen LogP contribution in [0.1, 0.15) is 0 Å². The van der Waals surface area contributed by atoms with E-state index in [9.17, 15) is 84.1 Å². The maximum atomic E-state index is 14.1. The first-order valence-corrected chi connectivity index (χ1v) is 10.8. The number of hydrogen-bond acceptors (Lipinski definition) is 5. The van der Waals surface area contributed by atoms with Gasteiger partial charge in [-0.2, -0.15) is 65.9 Å². The molecule has 0 aromatic carbocycles. The minimum Gasteiger partial charge on any atom is -0.329 e. The molecule has 0 heterocycles. The molecule has 0 aliphatic heterocycles. The summed E-state index contributed by atoms with van der Waals surface area (Å²) in [6.45, 7) is -10.5. The number of nitrogens with zero attached hydrogens (tertiary/aromatic N) is 3. The van der Waals surface area contributed by atoms with E-state index in [0.29, 0.717) is 0 Å². The normalized spacial score (nSPS) is 17.1. The Hall–Kier alpha value is -1.20. The van der Waals surface area contributed by atoms with Crippen LogP contribution >= 0.6 is 7.82 Å². The lowest BCUT2D eigenvalue weighted by atomic mass is 10.2. The molecule has 25 heteroatoms. The van der Waals surface area contributed by atoms with Crippen molar-refractivity contribution in [2.75, 3.05) is 40.9 Å². The van der Waals surface area contributed by atoms with Crippen LogP contribution in [0.2, 0.25) is 0 Å². The van der Waals surface area contributed by atoms with Crippen LogP contribution in [0, 0.1) is 0 Å². The Morgan fingerprint density at radius 3 is 1.54 bits per heavy atom. The van der Waals surface area contributed by atoms with E-state index in [2.05, 4.69) is 9.05 Å². The molecule has 0 rings (SSSR count). The number of alkyl halides is 17. The van der Waals surface area contributed by atoms with E-state index < -0.39 is 80.2 Å². The smallest absolute Gasteiger partial charge is 0.329 e. The van der Waals surface area contributed by atoms with Gasteiger partial charge in [-0.3, -0.25) is 9.05 Å². The van der Waals surface area contributed by atoms with E-state index in [-0.39, 0.29) is 11.0 Å². The molecule has 0 radical (unpaired) electrons. The second-order valence-corrected chi connectivity index (χ2v) is 9.71. The zero-order valence-electron chi connectivity index (χ0n) is 19.2. The van der Waals surface area contributed by atoms with Crippen LogP contribution in [0.3, 0.4) is 0 Å². The maximum absolute atomic E-state index is 14.1. The first-order chi connectivity index (χ1) is 16.8. The van der Waals surface area contributed by atoms with Crippen molar-refractivity contribution < 1.29 is 97.6 Å². The first-order valence-electron chi connectivity index (χ1n) is 9.33. The van der Waals surface area contributed by atoms with Crippen LogP contribution in [0.4, 0.5) is 74.6 Å². The van der Waals surface area contributed by atoms with E-state index in [1.165, 1.54) is 21.1 Å². The Balaban J connectivity index is 6.48. The number of phosphoric ester groups is 1. The number of halogens is 17. The molecular weight excluding hydrogens is 628 g/mol. The van der Waals surface area contributed by atoms with Crippen molar-refractivity contribution in [2.24, 2.45) is 0 Å². The Morgan fingerprint density at radius 2 is 1.21 bits per heavy atom. The molecule has 0 aromatic heterocycles. The lowest BCUT2D eigenvalue weighted by Crippen LogP contribution is -2.75. The van der Waals surface area contributed by atoms with Gasteiger partial charge in [0, 0.05) is 0 Å². The molecule has 236 valence electrons. The van der Waals surface area contributed by atoms with Crippen molar-refractivity contribution in [1.82, 2.24) is 9.80 Å². The van der Waals surface area contributed by atoms with Crippen LogP contribution in [0.25, 0.3) is 0 Å². The molecule has 0 aliphatic rings. The van der Waals surface area contributed by atoms with Gasteiger partial charge in [0.2, 0.25) is 0 Å². The van der Waals surface area contributed by atoms with Gasteiger partial charge in [-0.05, 0) is 0 Å². The van der Waals surface area contributed by atoms with Crippen LogP contribution in [-0.4, -0.2) is 109 Å². The largest absolute Gasteiger partial charge is 0.472 e. The molecule has 0 bridgehead atoms. The summed E-state index contributed by atoms with van der Waals surface area (Å²) in [5.74, 6) is -6.72. The van der Waals surface area contributed by atoms with Gasteiger partial charge in [-0.15, -0.1) is 4.90 Å². The van der Waals surface area contributed by atoms with Crippen LogP contribution in [0.5, 0.6) is 0 Å². The van der Waals surface area contributed by atoms with Crippen molar-refractivity contribution in [1.29, 1.82) is 0 Å². The highest BCUT2D eigenvalue weighted by Crippen LogP contribution is 2.55. The van der Waals surface area contributed by atoms with Gasteiger partial charge in [-0.25, -0.2) is 13.3 Å². The van der Waals surface area contributed by atoms with E-state index in [1.807, 2.05) is 0 Å². The topological polar surface area (TPSA) is 62.2 Å². The molecule has 0 saturated heterocycles. The van der Waals surface area contributed by atoms with Crippen molar-refractivity contribution in [2.45, 2.75) is 49.4 Å². The molecule has 1 N–H and O–H groups in total. The summed E-state index contributed by atoms with van der Waals surface area (Å²) >= 11 is 0. The van der Waals surface area contributed by atoms with Gasteiger partial charge < -0.3 is 9.38 Å². The van der Waals surface area contributed by atoms with Crippen LogP contribution in [0.15, 0.2) is 0 Å². The van der Waals surface area contributed by atoms with Crippen molar-refractivity contribution in [3.63, 3.8) is 0 Å². The van der Waals surface area contributed by atoms with Gasteiger partial charge in [0.15, 0.2) is 0 Å². The van der Waals surface area contributed by atoms with Crippen molar-refractivity contribution >= 4 is 7.82 Å². The highest BCUT2D eigenvalue weighted by Gasteiger charge is 2.82. The number of rotatable bonds is 15. The zero-order valence-corrected chi connectivity index (χ0v) is 20.1. The summed E-state index contributed by atoms with van der Waals surface area (Å²) in [4.78, 5) is 0.835. The zero-order chi connectivity index (χ0) is 31.8. The average Bonchev–Trinajstić information content (AvgIpc) is 2.62. The second-order valence-electron chi connectivity index (χ2n) is 8.26. The Morgan fingerprint density at radius 1 is 0.769 bits per heavy atom. The number of quaternary nitrogens is 1. The van der Waals surface area contributed by atoms with Gasteiger partial charge in [0.05, 0.1) is 21.1 Å². The van der Waals surface area contributed by atoms with E-state index in [1.54, 1.807) is 0 Å². The summed E-state index contributed by atoms with van der Waals surface area (Å²) in [6, 6.07) is -31.3. The fraction of sp³-hybridized carbons (Fsp3) is 1.00. The molecule has 0 amide bonds. The molecule has 0 fully saturated rings. The van der Waals surface area contributed by atoms with Crippen molar-refractivity contribution in [3.8, 4) is 0 Å². The van der Waals surface area contributed by atoms with Gasteiger partial charge in [0.25, 0.3) is 0 Å².